The lowest BCUT2D eigenvalue weighted by molar-refractivity contribution is -0.411. The predicted octanol–water partition coefficient (Wildman–Crippen LogP) is -0.536. The number of nitrogens with zero attached hydrogens (tertiary/aromatic N) is 1. The zero-order chi connectivity index (χ0) is 16.7. The van der Waals surface area contributed by atoms with Crippen molar-refractivity contribution < 1.29 is 22.5 Å². The van der Waals surface area contributed by atoms with E-state index in [4.69, 9.17) is 0 Å². The number of fused-ring (bicyclic) bond motifs is 1. The highest BCUT2D eigenvalue weighted by molar-refractivity contribution is 5.79. The quantitative estimate of drug-likeness (QED) is 0.655. The number of quaternary nitrogens is 1. The van der Waals surface area contributed by atoms with Crippen LogP contribution in [-0.2, 0) is 7.05 Å². The van der Waals surface area contributed by atoms with Crippen molar-refractivity contribution in [2.24, 2.45) is 7.05 Å². The predicted molar refractivity (Wildman–Crippen MR) is 88.8 cm³/mol. The van der Waals surface area contributed by atoms with Gasteiger partial charge in [-0.3, -0.25) is 4.57 Å². The van der Waals surface area contributed by atoms with E-state index in [1.807, 2.05) is 44.2 Å². The molecule has 4 N–H and O–H groups in total. The molecule has 0 amide bonds. The topological polar surface area (TPSA) is 65.4 Å². The number of halogens is 2. The average Bonchev–Trinajstić information content (AvgIpc) is 2.81. The fourth-order valence-electron chi connectivity index (χ4n) is 2.97. The van der Waals surface area contributed by atoms with Gasteiger partial charge in [0, 0.05) is 18.2 Å². The molecule has 0 aliphatic carbocycles. The summed E-state index contributed by atoms with van der Waals surface area (Å²) in [5.74, 6) is -0.0684. The van der Waals surface area contributed by atoms with Crippen LogP contribution in [0.3, 0.4) is 0 Å². The first-order valence-corrected chi connectivity index (χ1v) is 7.70. The fourth-order valence-corrected chi connectivity index (χ4v) is 2.97. The van der Waals surface area contributed by atoms with Gasteiger partial charge < -0.3 is 23.1 Å². The first-order valence-electron chi connectivity index (χ1n) is 7.70. The third-order valence-corrected chi connectivity index (χ3v) is 4.40. The molecule has 24 heavy (non-hydrogen) atoms. The smallest absolute Gasteiger partial charge is 0.326 e. The van der Waals surface area contributed by atoms with E-state index in [0.717, 1.165) is 22.2 Å². The van der Waals surface area contributed by atoms with E-state index in [1.54, 1.807) is 17.7 Å². The van der Waals surface area contributed by atoms with Crippen molar-refractivity contribution in [3.8, 4) is 0 Å². The van der Waals surface area contributed by atoms with Crippen LogP contribution in [-0.4, -0.2) is 9.55 Å². The summed E-state index contributed by atoms with van der Waals surface area (Å²) in [6.45, 7) is 3.93. The highest BCUT2D eigenvalue weighted by atomic mass is 35.5. The minimum atomic E-state index is -0.257. The zero-order valence-electron chi connectivity index (χ0n) is 13.9. The largest absolute Gasteiger partial charge is 1.00 e. The maximum Gasteiger partial charge on any atom is 0.326 e. The Morgan fingerprint density at radius 2 is 1.88 bits per heavy atom. The van der Waals surface area contributed by atoms with Crippen molar-refractivity contribution >= 4 is 11.0 Å². The number of benzene rings is 2. The van der Waals surface area contributed by atoms with E-state index in [-0.39, 0.29) is 35.9 Å². The van der Waals surface area contributed by atoms with Gasteiger partial charge in [-0.1, -0.05) is 38.1 Å². The monoisotopic (exact) mass is 349 g/mol. The Kier molecular flexibility index (Phi) is 5.16. The Morgan fingerprint density at radius 1 is 1.17 bits per heavy atom. The minimum Gasteiger partial charge on any atom is -1.00 e. The summed E-state index contributed by atoms with van der Waals surface area (Å²) in [6.07, 6.45) is 0. The molecule has 2 aromatic carbocycles. The number of aromatic amines is 1. The van der Waals surface area contributed by atoms with Gasteiger partial charge in [0.1, 0.15) is 11.9 Å². The summed E-state index contributed by atoms with van der Waals surface area (Å²) in [6, 6.07) is 10.7. The van der Waals surface area contributed by atoms with E-state index >= 15 is 0 Å². The highest BCUT2D eigenvalue weighted by Gasteiger charge is 2.19. The molecule has 6 heteroatoms. The molecule has 0 saturated carbocycles. The van der Waals surface area contributed by atoms with Crippen LogP contribution in [0.5, 0.6) is 0 Å². The van der Waals surface area contributed by atoms with E-state index in [9.17, 15) is 9.18 Å². The second-order valence-electron chi connectivity index (χ2n) is 6.22. The lowest BCUT2D eigenvalue weighted by Crippen LogP contribution is -3.00. The van der Waals surface area contributed by atoms with Gasteiger partial charge in [0.2, 0.25) is 0 Å². The number of nitrogens with one attached hydrogen (secondary N) is 1. The average molecular weight is 350 g/mol. The first kappa shape index (κ1) is 18.2. The molecule has 0 aliphatic heterocycles. The minimum absolute atomic E-state index is 0. The van der Waals surface area contributed by atoms with Gasteiger partial charge in [-0.15, -0.1) is 0 Å². The van der Waals surface area contributed by atoms with E-state index < -0.39 is 0 Å². The third kappa shape index (κ3) is 2.97. The molecule has 1 atom stereocenters. The van der Waals surface area contributed by atoms with Crippen molar-refractivity contribution in [1.82, 2.24) is 9.55 Å². The highest BCUT2D eigenvalue weighted by Crippen LogP contribution is 2.27. The third-order valence-electron chi connectivity index (χ3n) is 4.40. The van der Waals surface area contributed by atoms with Crippen LogP contribution >= 0.6 is 0 Å². The fraction of sp³-hybridized carbons (Fsp3) is 0.278. The molecule has 0 spiro atoms. The Morgan fingerprint density at radius 3 is 2.50 bits per heavy atom. The number of aromatic nitrogens is 2. The van der Waals surface area contributed by atoms with Gasteiger partial charge in [0.15, 0.2) is 0 Å². The number of H-pyrrole nitrogens is 1. The molecule has 1 heterocycles. The molecule has 0 bridgehead atoms. The molecular formula is C18H21ClFN3O. The zero-order valence-corrected chi connectivity index (χ0v) is 14.7. The van der Waals surface area contributed by atoms with Crippen molar-refractivity contribution in [3.63, 3.8) is 0 Å². The van der Waals surface area contributed by atoms with E-state index in [2.05, 4.69) is 10.7 Å². The molecule has 0 fully saturated rings. The second kappa shape index (κ2) is 6.79. The lowest BCUT2D eigenvalue weighted by atomic mass is 9.94. The summed E-state index contributed by atoms with van der Waals surface area (Å²) in [4.78, 5) is 14.7. The number of imidazole rings is 1. The number of hydrogen-bond donors (Lipinski definition) is 2. The van der Waals surface area contributed by atoms with Crippen LogP contribution in [0.2, 0.25) is 0 Å². The van der Waals surface area contributed by atoms with Crippen molar-refractivity contribution in [2.75, 3.05) is 0 Å². The molecule has 128 valence electrons. The number of hydrogen-bond acceptors (Lipinski definition) is 1. The van der Waals surface area contributed by atoms with Crippen LogP contribution in [0.15, 0.2) is 41.2 Å². The maximum absolute atomic E-state index is 14.3. The normalized spacial score (nSPS) is 12.4. The van der Waals surface area contributed by atoms with Crippen LogP contribution in [0.4, 0.5) is 4.39 Å². The van der Waals surface area contributed by atoms with Gasteiger partial charge in [0.05, 0.1) is 11.0 Å². The Hall–Kier alpha value is -2.11. The van der Waals surface area contributed by atoms with Crippen molar-refractivity contribution in [3.05, 3.63) is 69.4 Å². The van der Waals surface area contributed by atoms with Crippen LogP contribution in [0, 0.1) is 5.82 Å². The molecule has 3 aromatic rings. The number of rotatable bonds is 3. The summed E-state index contributed by atoms with van der Waals surface area (Å²) in [5, 5.41) is 0. The molecule has 1 aromatic heterocycles. The molecule has 3 rings (SSSR count). The standard InChI is InChI=1S/C18H20FN3O.ClH/c1-10(2)12-8-7-11(9-14(12)19)16(20)13-5-4-6-15-17(13)21-18(23)22(15)3;/h4-10,16H,20H2,1-3H3,(H,21,23);1H/t16-;/m1./s1. The lowest BCUT2D eigenvalue weighted by Gasteiger charge is -2.13. The van der Waals surface area contributed by atoms with Crippen molar-refractivity contribution in [2.45, 2.75) is 25.8 Å². The van der Waals surface area contributed by atoms with Gasteiger partial charge in [-0.05, 0) is 23.6 Å². The molecule has 0 radical (unpaired) electrons. The molecule has 0 aliphatic rings. The summed E-state index contributed by atoms with van der Waals surface area (Å²) >= 11 is 0. The Balaban J connectivity index is 0.00000208. The molecule has 4 nitrogen and oxygen atoms in total. The SMILES string of the molecule is CC(C)c1ccc([C@@H]([NH3+])c2cccc3c2[nH]c(=O)n3C)cc1F.[Cl-]. The summed E-state index contributed by atoms with van der Waals surface area (Å²) in [5.41, 5.74) is 7.98. The first-order chi connectivity index (χ1) is 10.9. The van der Waals surface area contributed by atoms with Gasteiger partial charge >= 0.3 is 5.69 Å². The van der Waals surface area contributed by atoms with Crippen LogP contribution in [0.25, 0.3) is 11.0 Å². The Labute approximate surface area is 145 Å². The molecule has 0 unspecified atom stereocenters. The molecule has 0 saturated heterocycles. The number of aryl methyl sites for hydroxylation is 1. The maximum atomic E-state index is 14.3. The van der Waals surface area contributed by atoms with Crippen LogP contribution in [0.1, 0.15) is 42.5 Å². The molecular weight excluding hydrogens is 329 g/mol. The summed E-state index contributed by atoms with van der Waals surface area (Å²) < 4.78 is 15.8. The van der Waals surface area contributed by atoms with Gasteiger partial charge in [-0.2, -0.15) is 0 Å². The number of para-hydroxylation sites is 1. The summed E-state index contributed by atoms with van der Waals surface area (Å²) in [7, 11) is 1.72. The van der Waals surface area contributed by atoms with E-state index in [1.165, 1.54) is 0 Å². The Bertz CT molecular complexity index is 930. The van der Waals surface area contributed by atoms with Crippen LogP contribution < -0.4 is 23.8 Å². The van der Waals surface area contributed by atoms with Gasteiger partial charge in [-0.25, -0.2) is 9.18 Å². The van der Waals surface area contributed by atoms with Gasteiger partial charge in [0.25, 0.3) is 0 Å². The van der Waals surface area contributed by atoms with Crippen molar-refractivity contribution in [1.29, 1.82) is 0 Å². The second-order valence-corrected chi connectivity index (χ2v) is 6.22. The van der Waals surface area contributed by atoms with E-state index in [0.29, 0.717) is 5.56 Å².